The third kappa shape index (κ3) is 4.92. The lowest BCUT2D eigenvalue weighted by Gasteiger charge is -2.35. The summed E-state index contributed by atoms with van der Waals surface area (Å²) in [5, 5.41) is 0. The van der Waals surface area contributed by atoms with Crippen LogP contribution in [0.25, 0.3) is 0 Å². The zero-order chi connectivity index (χ0) is 18.3. The van der Waals surface area contributed by atoms with Crippen molar-refractivity contribution < 1.29 is 9.53 Å². The van der Waals surface area contributed by atoms with Gasteiger partial charge in [0.15, 0.2) is 0 Å². The Hall–Kier alpha value is -1.16. The van der Waals surface area contributed by atoms with Crippen molar-refractivity contribution in [3.63, 3.8) is 0 Å². The van der Waals surface area contributed by atoms with Gasteiger partial charge in [-0.05, 0) is 88.9 Å². The summed E-state index contributed by atoms with van der Waals surface area (Å²) in [7, 11) is 0. The van der Waals surface area contributed by atoms with Crippen LogP contribution >= 0.6 is 11.9 Å². The van der Waals surface area contributed by atoms with Crippen molar-refractivity contribution in [2.45, 2.75) is 83.8 Å². The maximum absolute atomic E-state index is 12.6. The van der Waals surface area contributed by atoms with E-state index >= 15 is 0 Å². The van der Waals surface area contributed by atoms with Crippen LogP contribution in [0.4, 0.5) is 4.79 Å². The van der Waals surface area contributed by atoms with E-state index in [1.54, 1.807) is 4.31 Å². The quantitative estimate of drug-likeness (QED) is 0.605. The van der Waals surface area contributed by atoms with Crippen LogP contribution < -0.4 is 0 Å². The van der Waals surface area contributed by atoms with Gasteiger partial charge in [0, 0.05) is 10.4 Å². The van der Waals surface area contributed by atoms with Gasteiger partial charge in [-0.15, -0.1) is 0 Å². The van der Waals surface area contributed by atoms with Crippen molar-refractivity contribution >= 4 is 18.0 Å². The Morgan fingerprint density at radius 3 is 2.00 bits per heavy atom. The molecule has 1 saturated carbocycles. The predicted octanol–water partition coefficient (Wildman–Crippen LogP) is 6.24. The van der Waals surface area contributed by atoms with E-state index in [0.717, 1.165) is 4.90 Å². The van der Waals surface area contributed by atoms with Crippen LogP contribution in [0.3, 0.4) is 0 Å². The molecule has 0 bridgehead atoms. The number of carbonyl (C=O) groups excluding carboxylic acids is 1. The SMILES string of the molecule is CC(C)(C)OC(=O)N(Sc1ccc(C2CC2(C)C)cc1)C(C)(C)C. The second-order valence-electron chi connectivity index (χ2n) is 9.35. The lowest BCUT2D eigenvalue weighted by atomic mass is 10.0. The highest BCUT2D eigenvalue weighted by atomic mass is 32.2. The topological polar surface area (TPSA) is 29.5 Å². The summed E-state index contributed by atoms with van der Waals surface area (Å²) in [6, 6.07) is 8.60. The van der Waals surface area contributed by atoms with E-state index in [-0.39, 0.29) is 11.6 Å². The van der Waals surface area contributed by atoms with Gasteiger partial charge in [-0.2, -0.15) is 0 Å². The summed E-state index contributed by atoms with van der Waals surface area (Å²) in [5.74, 6) is 0.668. The number of rotatable bonds is 3. The van der Waals surface area contributed by atoms with E-state index in [2.05, 4.69) is 38.1 Å². The van der Waals surface area contributed by atoms with E-state index < -0.39 is 5.60 Å². The molecule has 24 heavy (non-hydrogen) atoms. The average molecular weight is 350 g/mol. The Kier molecular flexibility index (Phi) is 5.02. The van der Waals surface area contributed by atoms with Gasteiger partial charge in [-0.25, -0.2) is 9.10 Å². The molecule has 0 heterocycles. The van der Waals surface area contributed by atoms with Gasteiger partial charge < -0.3 is 4.74 Å². The second-order valence-corrected chi connectivity index (χ2v) is 10.4. The Balaban J connectivity index is 2.11. The number of carbonyl (C=O) groups is 1. The summed E-state index contributed by atoms with van der Waals surface area (Å²) in [6.45, 7) is 16.4. The normalized spacial score (nSPS) is 19.8. The molecule has 1 aliphatic carbocycles. The fraction of sp³-hybridized carbons (Fsp3) is 0.650. The molecule has 4 heteroatoms. The Morgan fingerprint density at radius 2 is 1.62 bits per heavy atom. The third-order valence-electron chi connectivity index (χ3n) is 4.16. The molecular weight excluding hydrogens is 318 g/mol. The number of nitrogens with zero attached hydrogens (tertiary/aromatic N) is 1. The molecule has 1 aromatic rings. The molecular formula is C20H31NO2S. The number of hydrogen-bond acceptors (Lipinski definition) is 3. The zero-order valence-electron chi connectivity index (χ0n) is 16.3. The van der Waals surface area contributed by atoms with Gasteiger partial charge in [-0.1, -0.05) is 26.0 Å². The number of benzene rings is 1. The number of hydrogen-bond donors (Lipinski definition) is 0. The summed E-state index contributed by atoms with van der Waals surface area (Å²) in [5.41, 5.74) is 0.999. The van der Waals surface area contributed by atoms with E-state index in [4.69, 9.17) is 4.74 Å². The van der Waals surface area contributed by atoms with Crippen LogP contribution in [-0.4, -0.2) is 21.5 Å². The first kappa shape index (κ1) is 19.2. The Bertz CT molecular complexity index is 594. The van der Waals surface area contributed by atoms with Crippen LogP contribution in [0.5, 0.6) is 0 Å². The summed E-state index contributed by atoms with van der Waals surface area (Å²) < 4.78 is 7.28. The number of ether oxygens (including phenoxy) is 1. The minimum Gasteiger partial charge on any atom is -0.443 e. The lowest BCUT2D eigenvalue weighted by molar-refractivity contribution is 0.0303. The van der Waals surface area contributed by atoms with Crippen molar-refractivity contribution in [2.24, 2.45) is 5.41 Å². The summed E-state index contributed by atoms with van der Waals surface area (Å²) in [6.07, 6.45) is 0.957. The van der Waals surface area contributed by atoms with Gasteiger partial charge in [0.2, 0.25) is 0 Å². The van der Waals surface area contributed by atoms with Gasteiger partial charge in [0.05, 0.1) is 0 Å². The maximum Gasteiger partial charge on any atom is 0.421 e. The van der Waals surface area contributed by atoms with Crippen molar-refractivity contribution in [3.8, 4) is 0 Å². The maximum atomic E-state index is 12.6. The fourth-order valence-electron chi connectivity index (χ4n) is 2.65. The van der Waals surface area contributed by atoms with Crippen LogP contribution in [0.15, 0.2) is 29.2 Å². The molecule has 1 aromatic carbocycles. The molecule has 1 atom stereocenters. The van der Waals surface area contributed by atoms with E-state index in [1.807, 2.05) is 41.5 Å². The first-order chi connectivity index (χ1) is 10.8. The summed E-state index contributed by atoms with van der Waals surface area (Å²) >= 11 is 1.44. The van der Waals surface area contributed by atoms with Gasteiger partial charge in [0.25, 0.3) is 0 Å². The average Bonchev–Trinajstić information content (AvgIpc) is 3.02. The predicted molar refractivity (Wildman–Crippen MR) is 101 cm³/mol. The molecule has 0 aromatic heterocycles. The molecule has 134 valence electrons. The number of amides is 1. The fourth-order valence-corrected chi connectivity index (χ4v) is 3.51. The first-order valence-electron chi connectivity index (χ1n) is 8.61. The van der Waals surface area contributed by atoms with Crippen molar-refractivity contribution in [1.29, 1.82) is 0 Å². The van der Waals surface area contributed by atoms with Gasteiger partial charge >= 0.3 is 6.09 Å². The van der Waals surface area contributed by atoms with Crippen LogP contribution in [0, 0.1) is 5.41 Å². The molecule has 1 aliphatic rings. The van der Waals surface area contributed by atoms with Crippen molar-refractivity contribution in [1.82, 2.24) is 4.31 Å². The van der Waals surface area contributed by atoms with E-state index in [1.165, 1.54) is 23.9 Å². The van der Waals surface area contributed by atoms with E-state index in [9.17, 15) is 4.79 Å². The molecule has 0 radical (unpaired) electrons. The smallest absolute Gasteiger partial charge is 0.421 e. The van der Waals surface area contributed by atoms with Crippen LogP contribution in [-0.2, 0) is 4.74 Å². The monoisotopic (exact) mass is 349 g/mol. The van der Waals surface area contributed by atoms with E-state index in [0.29, 0.717) is 11.3 Å². The highest BCUT2D eigenvalue weighted by Crippen LogP contribution is 2.58. The Morgan fingerprint density at radius 1 is 1.12 bits per heavy atom. The van der Waals surface area contributed by atoms with Gasteiger partial charge in [-0.3, -0.25) is 0 Å². The first-order valence-corrected chi connectivity index (χ1v) is 9.38. The van der Waals surface area contributed by atoms with Crippen LogP contribution in [0.1, 0.15) is 73.3 Å². The van der Waals surface area contributed by atoms with Crippen LogP contribution in [0.2, 0.25) is 0 Å². The molecule has 1 fully saturated rings. The molecule has 0 aliphatic heterocycles. The molecule has 1 amide bonds. The minimum atomic E-state index is -0.497. The molecule has 0 N–H and O–H groups in total. The minimum absolute atomic E-state index is 0.299. The highest BCUT2D eigenvalue weighted by Gasteiger charge is 2.46. The molecule has 0 spiro atoms. The zero-order valence-corrected chi connectivity index (χ0v) is 17.1. The van der Waals surface area contributed by atoms with Gasteiger partial charge in [0.1, 0.15) is 5.60 Å². The summed E-state index contributed by atoms with van der Waals surface area (Å²) in [4.78, 5) is 13.6. The van der Waals surface area contributed by atoms with Crippen molar-refractivity contribution in [3.05, 3.63) is 29.8 Å². The molecule has 1 unspecified atom stereocenters. The molecule has 2 rings (SSSR count). The standard InChI is InChI=1S/C20H31NO2S/c1-18(2,3)21(17(22)23-19(4,5)6)24-15-11-9-14(10-12-15)16-13-20(16,7)8/h9-12,16H,13H2,1-8H3. The highest BCUT2D eigenvalue weighted by molar-refractivity contribution is 7.97. The third-order valence-corrected chi connectivity index (χ3v) is 5.52. The molecule has 0 saturated heterocycles. The second kappa shape index (κ2) is 6.29. The lowest BCUT2D eigenvalue weighted by Crippen LogP contribution is -2.43. The molecule has 3 nitrogen and oxygen atoms in total. The van der Waals surface area contributed by atoms with Crippen molar-refractivity contribution in [2.75, 3.05) is 0 Å². The largest absolute Gasteiger partial charge is 0.443 e. The Labute approximate surface area is 151 Å².